The molecule has 0 radical (unpaired) electrons. The molecule has 1 amide bonds. The van der Waals surface area contributed by atoms with E-state index >= 15 is 0 Å². The Morgan fingerprint density at radius 1 is 1.03 bits per heavy atom. The van der Waals surface area contributed by atoms with E-state index in [1.165, 1.54) is 0 Å². The number of anilines is 1. The highest BCUT2D eigenvalue weighted by Crippen LogP contribution is 2.35. The minimum atomic E-state index is -0.0893. The number of hydrogen-bond donors (Lipinski definition) is 1. The summed E-state index contributed by atoms with van der Waals surface area (Å²) in [7, 11) is 0. The van der Waals surface area contributed by atoms with Gasteiger partial charge < -0.3 is 24.0 Å². The number of piperazine rings is 1. The lowest BCUT2D eigenvalue weighted by atomic mass is 10.2. The van der Waals surface area contributed by atoms with E-state index in [0.29, 0.717) is 47.6 Å². The lowest BCUT2D eigenvalue weighted by Gasteiger charge is -2.34. The Morgan fingerprint density at radius 2 is 1.87 bits per heavy atom. The largest absolute Gasteiger partial charge is 0.491 e. The number of ether oxygens (including phenoxy) is 2. The van der Waals surface area contributed by atoms with Gasteiger partial charge in [0, 0.05) is 48.3 Å². The predicted molar refractivity (Wildman–Crippen MR) is 148 cm³/mol. The van der Waals surface area contributed by atoms with Crippen LogP contribution < -0.4 is 14.4 Å². The van der Waals surface area contributed by atoms with Crippen LogP contribution in [0, 0.1) is 6.57 Å². The number of rotatable bonds is 9. The number of amides is 1. The molecular formula is C29H26ClN5O4. The van der Waals surface area contributed by atoms with E-state index < -0.39 is 0 Å². The Hall–Kier alpha value is -4.36. The van der Waals surface area contributed by atoms with Gasteiger partial charge in [-0.05, 0) is 42.5 Å². The summed E-state index contributed by atoms with van der Waals surface area (Å²) in [5, 5.41) is 9.60. The first kappa shape index (κ1) is 26.3. The van der Waals surface area contributed by atoms with Crippen molar-refractivity contribution in [3.05, 3.63) is 101 Å². The Balaban J connectivity index is 1.31. The molecule has 10 heteroatoms. The molecule has 0 aliphatic carbocycles. The number of halogens is 1. The molecule has 1 fully saturated rings. The molecule has 4 aromatic rings. The fraction of sp³-hybridized carbons (Fsp3) is 0.207. The van der Waals surface area contributed by atoms with Gasteiger partial charge in [-0.1, -0.05) is 29.8 Å². The molecule has 1 aliphatic rings. The average Bonchev–Trinajstić information content (AvgIpc) is 3.40. The molecule has 1 N–H and O–H groups in total. The van der Waals surface area contributed by atoms with E-state index in [9.17, 15) is 4.79 Å². The first-order valence-corrected chi connectivity index (χ1v) is 12.7. The van der Waals surface area contributed by atoms with Gasteiger partial charge in [0.2, 0.25) is 11.6 Å². The van der Waals surface area contributed by atoms with Crippen LogP contribution in [-0.4, -0.2) is 58.3 Å². The number of carbonyl (C=O) groups excluding carboxylic acids is 1. The second-order valence-corrected chi connectivity index (χ2v) is 9.34. The number of imidazole rings is 1. The molecule has 39 heavy (non-hydrogen) atoms. The number of benzene rings is 3. The van der Waals surface area contributed by atoms with Crippen molar-refractivity contribution >= 4 is 28.9 Å². The molecule has 0 unspecified atom stereocenters. The molecular weight excluding hydrogens is 518 g/mol. The van der Waals surface area contributed by atoms with Gasteiger partial charge in [0.25, 0.3) is 0 Å². The van der Waals surface area contributed by atoms with Crippen LogP contribution in [0.15, 0.2) is 79.3 Å². The van der Waals surface area contributed by atoms with E-state index in [0.717, 1.165) is 17.1 Å². The van der Waals surface area contributed by atoms with Crippen molar-refractivity contribution < 1.29 is 19.4 Å². The summed E-state index contributed by atoms with van der Waals surface area (Å²) in [6.07, 6.45) is 3.48. The smallest absolute Gasteiger partial charge is 0.241 e. The van der Waals surface area contributed by atoms with Gasteiger partial charge in [-0.3, -0.25) is 9.69 Å². The van der Waals surface area contributed by atoms with Gasteiger partial charge in [0.05, 0.1) is 31.7 Å². The van der Waals surface area contributed by atoms with Crippen LogP contribution in [0.2, 0.25) is 5.02 Å². The Morgan fingerprint density at radius 3 is 2.67 bits per heavy atom. The number of aliphatic hydroxyl groups is 1. The minimum Gasteiger partial charge on any atom is -0.491 e. The van der Waals surface area contributed by atoms with E-state index in [1.807, 2.05) is 22.8 Å². The lowest BCUT2D eigenvalue weighted by molar-refractivity contribution is -0.121. The molecule has 0 bridgehead atoms. The van der Waals surface area contributed by atoms with Gasteiger partial charge in [-0.25, -0.2) is 9.83 Å². The molecule has 2 heterocycles. The molecule has 3 aromatic carbocycles. The third-order valence-corrected chi connectivity index (χ3v) is 6.49. The molecule has 1 aliphatic heterocycles. The summed E-state index contributed by atoms with van der Waals surface area (Å²) >= 11 is 6.11. The Labute approximate surface area is 231 Å². The Kier molecular flexibility index (Phi) is 8.08. The summed E-state index contributed by atoms with van der Waals surface area (Å²) in [4.78, 5) is 24.7. The highest BCUT2D eigenvalue weighted by Gasteiger charge is 2.26. The van der Waals surface area contributed by atoms with Gasteiger partial charge >= 0.3 is 0 Å². The highest BCUT2D eigenvalue weighted by atomic mass is 35.5. The summed E-state index contributed by atoms with van der Waals surface area (Å²) in [5.41, 5.74) is 2.85. The van der Waals surface area contributed by atoms with Gasteiger partial charge in [0.1, 0.15) is 23.9 Å². The van der Waals surface area contributed by atoms with Crippen molar-refractivity contribution in [2.75, 3.05) is 37.7 Å². The standard InChI is InChI=1S/C29H26ClN5O4/c1-31-27-9-8-23(15-28(27)39-26-7-3-6-25(16-26)38-13-12-36)35-20-32-17-24(35)18-33-10-11-34(29(37)19-33)22-5-2-4-21(30)14-22/h2-9,14-17,20,36H,10-13,18-19H2. The summed E-state index contributed by atoms with van der Waals surface area (Å²) in [6, 6.07) is 19.7. The molecule has 0 spiro atoms. The zero-order valence-electron chi connectivity index (χ0n) is 21.0. The zero-order valence-corrected chi connectivity index (χ0v) is 21.8. The number of hydrogen-bond acceptors (Lipinski definition) is 6. The fourth-order valence-electron chi connectivity index (χ4n) is 4.42. The van der Waals surface area contributed by atoms with E-state index in [2.05, 4.69) is 14.7 Å². The number of carbonyl (C=O) groups is 1. The maximum Gasteiger partial charge on any atom is 0.241 e. The first-order chi connectivity index (χ1) is 19.0. The van der Waals surface area contributed by atoms with Crippen LogP contribution in [0.5, 0.6) is 17.2 Å². The summed E-state index contributed by atoms with van der Waals surface area (Å²) in [5.74, 6) is 1.47. The van der Waals surface area contributed by atoms with E-state index in [-0.39, 0.29) is 25.7 Å². The number of aliphatic hydroxyl groups excluding tert-OH is 1. The van der Waals surface area contributed by atoms with Gasteiger partial charge in [-0.15, -0.1) is 0 Å². The van der Waals surface area contributed by atoms with Crippen molar-refractivity contribution in [2.45, 2.75) is 6.54 Å². The van der Waals surface area contributed by atoms with Crippen molar-refractivity contribution in [1.82, 2.24) is 14.5 Å². The topological polar surface area (TPSA) is 84.4 Å². The van der Waals surface area contributed by atoms with Crippen molar-refractivity contribution in [1.29, 1.82) is 0 Å². The molecule has 0 atom stereocenters. The van der Waals surface area contributed by atoms with Crippen LogP contribution in [0.3, 0.4) is 0 Å². The van der Waals surface area contributed by atoms with Crippen molar-refractivity contribution in [3.63, 3.8) is 0 Å². The summed E-state index contributed by atoms with van der Waals surface area (Å²) < 4.78 is 13.5. The molecule has 5 rings (SSSR count). The maximum absolute atomic E-state index is 12.9. The van der Waals surface area contributed by atoms with Gasteiger partial charge in [0.15, 0.2) is 0 Å². The van der Waals surface area contributed by atoms with Crippen LogP contribution in [0.1, 0.15) is 5.69 Å². The van der Waals surface area contributed by atoms with Crippen LogP contribution in [0.25, 0.3) is 10.5 Å². The maximum atomic E-state index is 12.9. The van der Waals surface area contributed by atoms with Crippen LogP contribution in [-0.2, 0) is 11.3 Å². The van der Waals surface area contributed by atoms with Crippen LogP contribution >= 0.6 is 11.6 Å². The molecule has 198 valence electrons. The average molecular weight is 544 g/mol. The van der Waals surface area contributed by atoms with Crippen molar-refractivity contribution in [3.8, 4) is 22.9 Å². The molecule has 1 saturated heterocycles. The quantitative estimate of drug-likeness (QED) is 0.296. The lowest BCUT2D eigenvalue weighted by Crippen LogP contribution is -2.50. The fourth-order valence-corrected chi connectivity index (χ4v) is 4.60. The monoisotopic (exact) mass is 543 g/mol. The van der Waals surface area contributed by atoms with E-state index in [1.54, 1.807) is 66.0 Å². The van der Waals surface area contributed by atoms with E-state index in [4.69, 9.17) is 32.8 Å². The predicted octanol–water partition coefficient (Wildman–Crippen LogP) is 5.09. The molecule has 9 nitrogen and oxygen atoms in total. The third-order valence-electron chi connectivity index (χ3n) is 6.26. The van der Waals surface area contributed by atoms with Crippen LogP contribution in [0.4, 0.5) is 11.4 Å². The second kappa shape index (κ2) is 12.0. The van der Waals surface area contributed by atoms with Gasteiger partial charge in [-0.2, -0.15) is 0 Å². The Bertz CT molecular complexity index is 1520. The molecule has 1 aromatic heterocycles. The zero-order chi connectivity index (χ0) is 27.2. The SMILES string of the molecule is [C-]#[N+]c1ccc(-n2cncc2CN2CCN(c3cccc(Cl)c3)C(=O)C2)cc1Oc1cccc(OCCO)c1. The minimum absolute atomic E-state index is 0.0110. The first-order valence-electron chi connectivity index (χ1n) is 12.4. The number of nitrogens with zero attached hydrogens (tertiary/aromatic N) is 5. The third kappa shape index (κ3) is 6.21. The normalized spacial score (nSPS) is 13.8. The second-order valence-electron chi connectivity index (χ2n) is 8.90. The number of aromatic nitrogens is 2. The highest BCUT2D eigenvalue weighted by molar-refractivity contribution is 6.30. The summed E-state index contributed by atoms with van der Waals surface area (Å²) in [6.45, 7) is 9.72. The molecule has 0 saturated carbocycles. The van der Waals surface area contributed by atoms with Crippen molar-refractivity contribution in [2.24, 2.45) is 0 Å².